The molecule has 1 aliphatic carbocycles. The lowest BCUT2D eigenvalue weighted by Crippen LogP contribution is -2.21. The molecule has 2 rings (SSSR count). The van der Waals surface area contributed by atoms with E-state index in [9.17, 15) is 5.11 Å². The molecule has 20 heavy (non-hydrogen) atoms. The van der Waals surface area contributed by atoms with Gasteiger partial charge in [0.25, 0.3) is 0 Å². The van der Waals surface area contributed by atoms with Gasteiger partial charge >= 0.3 is 0 Å². The van der Waals surface area contributed by atoms with Crippen LogP contribution in [0.5, 0.6) is 5.88 Å². The van der Waals surface area contributed by atoms with Crippen molar-refractivity contribution in [1.29, 1.82) is 0 Å². The maximum atomic E-state index is 9.84. The van der Waals surface area contributed by atoms with Crippen LogP contribution in [-0.2, 0) is 0 Å². The van der Waals surface area contributed by atoms with E-state index in [0.717, 1.165) is 6.42 Å². The Morgan fingerprint density at radius 2 is 2.20 bits per heavy atom. The lowest BCUT2D eigenvalue weighted by molar-refractivity contribution is 0.161. The molecule has 0 amide bonds. The monoisotopic (exact) mass is 279 g/mol. The molecule has 5 heteroatoms. The number of aromatic nitrogens is 1. The lowest BCUT2D eigenvalue weighted by Gasteiger charge is -2.15. The first-order chi connectivity index (χ1) is 9.54. The molecule has 1 aromatic rings. The van der Waals surface area contributed by atoms with Gasteiger partial charge < -0.3 is 20.9 Å². The van der Waals surface area contributed by atoms with Gasteiger partial charge in [0.05, 0.1) is 18.4 Å². The van der Waals surface area contributed by atoms with Crippen molar-refractivity contribution >= 4 is 11.5 Å². The Hall–Kier alpha value is -1.49. The van der Waals surface area contributed by atoms with Gasteiger partial charge in [-0.1, -0.05) is 13.8 Å². The minimum Gasteiger partial charge on any atom is -0.476 e. The SMILES string of the molecule is CC(C)CC(O)CNc1ccc(N)c(OCC2CC2)n1. The number of anilines is 2. The average molecular weight is 279 g/mol. The van der Waals surface area contributed by atoms with Crippen LogP contribution in [0.3, 0.4) is 0 Å². The third kappa shape index (κ3) is 4.89. The topological polar surface area (TPSA) is 80.4 Å². The highest BCUT2D eigenvalue weighted by molar-refractivity contribution is 5.53. The van der Waals surface area contributed by atoms with Gasteiger partial charge in [-0.3, -0.25) is 0 Å². The zero-order valence-corrected chi connectivity index (χ0v) is 12.3. The van der Waals surface area contributed by atoms with Crippen molar-refractivity contribution in [3.63, 3.8) is 0 Å². The van der Waals surface area contributed by atoms with Crippen LogP contribution < -0.4 is 15.8 Å². The van der Waals surface area contributed by atoms with Crippen LogP contribution in [-0.4, -0.2) is 29.3 Å². The van der Waals surface area contributed by atoms with Crippen LogP contribution in [0.15, 0.2) is 12.1 Å². The number of ether oxygens (including phenoxy) is 1. The van der Waals surface area contributed by atoms with E-state index in [1.807, 2.05) is 0 Å². The van der Waals surface area contributed by atoms with E-state index in [1.54, 1.807) is 12.1 Å². The third-order valence-corrected chi connectivity index (χ3v) is 3.30. The molecule has 5 nitrogen and oxygen atoms in total. The first-order valence-electron chi connectivity index (χ1n) is 7.36. The highest BCUT2D eigenvalue weighted by Gasteiger charge is 2.22. The Balaban J connectivity index is 1.85. The minimum atomic E-state index is -0.370. The summed E-state index contributed by atoms with van der Waals surface area (Å²) in [6, 6.07) is 3.59. The second-order valence-corrected chi connectivity index (χ2v) is 6.01. The molecule has 1 heterocycles. The van der Waals surface area contributed by atoms with Crippen molar-refractivity contribution in [2.75, 3.05) is 24.2 Å². The van der Waals surface area contributed by atoms with Crippen molar-refractivity contribution in [2.45, 2.75) is 39.2 Å². The maximum Gasteiger partial charge on any atom is 0.239 e. The highest BCUT2D eigenvalue weighted by atomic mass is 16.5. The number of nitrogens with one attached hydrogen (secondary N) is 1. The van der Waals surface area contributed by atoms with Crippen LogP contribution in [0.4, 0.5) is 11.5 Å². The zero-order valence-electron chi connectivity index (χ0n) is 12.3. The van der Waals surface area contributed by atoms with E-state index in [1.165, 1.54) is 12.8 Å². The Morgan fingerprint density at radius 1 is 1.45 bits per heavy atom. The fourth-order valence-corrected chi connectivity index (χ4v) is 2.00. The summed E-state index contributed by atoms with van der Waals surface area (Å²) < 4.78 is 5.63. The number of aliphatic hydroxyl groups excluding tert-OH is 1. The molecule has 0 radical (unpaired) electrons. The first-order valence-corrected chi connectivity index (χ1v) is 7.36. The van der Waals surface area contributed by atoms with Crippen LogP contribution in [0.2, 0.25) is 0 Å². The van der Waals surface area contributed by atoms with Gasteiger partial charge in [0.15, 0.2) is 0 Å². The molecule has 112 valence electrons. The molecule has 0 bridgehead atoms. The molecule has 1 fully saturated rings. The Bertz CT molecular complexity index is 433. The van der Waals surface area contributed by atoms with Crippen molar-refractivity contribution in [3.05, 3.63) is 12.1 Å². The number of nitrogen functional groups attached to an aromatic ring is 1. The van der Waals surface area contributed by atoms with Crippen LogP contribution in [0.1, 0.15) is 33.1 Å². The summed E-state index contributed by atoms with van der Waals surface area (Å²) in [6.45, 7) is 5.36. The maximum absolute atomic E-state index is 9.84. The molecule has 1 aliphatic rings. The summed E-state index contributed by atoms with van der Waals surface area (Å²) in [6.07, 6.45) is 2.87. The molecule has 1 unspecified atom stereocenters. The largest absolute Gasteiger partial charge is 0.476 e. The van der Waals surface area contributed by atoms with E-state index in [2.05, 4.69) is 24.1 Å². The quantitative estimate of drug-likeness (QED) is 0.680. The molecule has 0 aliphatic heterocycles. The van der Waals surface area contributed by atoms with Crippen molar-refractivity contribution in [3.8, 4) is 5.88 Å². The smallest absolute Gasteiger partial charge is 0.239 e. The number of aliphatic hydroxyl groups is 1. The molecule has 1 saturated carbocycles. The lowest BCUT2D eigenvalue weighted by atomic mass is 10.1. The fourth-order valence-electron chi connectivity index (χ4n) is 2.00. The minimum absolute atomic E-state index is 0.370. The van der Waals surface area contributed by atoms with Gasteiger partial charge in [0, 0.05) is 6.54 Å². The molecule has 0 aromatic carbocycles. The number of pyridine rings is 1. The number of nitrogens with zero attached hydrogens (tertiary/aromatic N) is 1. The highest BCUT2D eigenvalue weighted by Crippen LogP contribution is 2.30. The van der Waals surface area contributed by atoms with Crippen molar-refractivity contribution in [2.24, 2.45) is 11.8 Å². The molecule has 4 N–H and O–H groups in total. The summed E-state index contributed by atoms with van der Waals surface area (Å²) in [7, 11) is 0. The Kier molecular flexibility index (Phi) is 5.06. The summed E-state index contributed by atoms with van der Waals surface area (Å²) in [5, 5.41) is 13.0. The van der Waals surface area contributed by atoms with Crippen LogP contribution >= 0.6 is 0 Å². The number of nitrogens with two attached hydrogens (primary N) is 1. The number of rotatable bonds is 8. The second-order valence-electron chi connectivity index (χ2n) is 6.01. The normalized spacial score (nSPS) is 16.2. The molecular weight excluding hydrogens is 254 g/mol. The van der Waals surface area contributed by atoms with E-state index in [4.69, 9.17) is 10.5 Å². The van der Waals surface area contributed by atoms with Crippen molar-refractivity contribution < 1.29 is 9.84 Å². The molecule has 0 spiro atoms. The Morgan fingerprint density at radius 3 is 2.85 bits per heavy atom. The summed E-state index contributed by atoms with van der Waals surface area (Å²) in [5.41, 5.74) is 6.41. The van der Waals surface area contributed by atoms with Gasteiger partial charge in [-0.2, -0.15) is 4.98 Å². The molecular formula is C15H25N3O2. The predicted molar refractivity (Wildman–Crippen MR) is 80.8 cm³/mol. The standard InChI is InChI=1S/C15H25N3O2/c1-10(2)7-12(19)8-17-14-6-5-13(16)15(18-14)20-9-11-3-4-11/h5-6,10-12,19H,3-4,7-9,16H2,1-2H3,(H,17,18). The van der Waals surface area contributed by atoms with Gasteiger partial charge in [-0.05, 0) is 43.2 Å². The Labute approximate surface area is 120 Å². The predicted octanol–water partition coefficient (Wildman–Crippen LogP) is 2.27. The average Bonchev–Trinajstić information content (AvgIpc) is 3.19. The van der Waals surface area contributed by atoms with E-state index >= 15 is 0 Å². The molecule has 1 atom stereocenters. The van der Waals surface area contributed by atoms with Gasteiger partial charge in [0.2, 0.25) is 5.88 Å². The fraction of sp³-hybridized carbons (Fsp3) is 0.667. The van der Waals surface area contributed by atoms with E-state index in [-0.39, 0.29) is 6.10 Å². The summed E-state index contributed by atoms with van der Waals surface area (Å²) >= 11 is 0. The van der Waals surface area contributed by atoms with Crippen LogP contribution in [0.25, 0.3) is 0 Å². The molecule has 0 saturated heterocycles. The third-order valence-electron chi connectivity index (χ3n) is 3.30. The number of hydrogen-bond acceptors (Lipinski definition) is 5. The summed E-state index contributed by atoms with van der Waals surface area (Å²) in [5.74, 6) is 2.32. The van der Waals surface area contributed by atoms with E-state index in [0.29, 0.717) is 42.4 Å². The second kappa shape index (κ2) is 6.79. The van der Waals surface area contributed by atoms with Gasteiger partial charge in [-0.15, -0.1) is 0 Å². The van der Waals surface area contributed by atoms with E-state index < -0.39 is 0 Å². The van der Waals surface area contributed by atoms with Crippen LogP contribution in [0, 0.1) is 11.8 Å². The summed E-state index contributed by atoms with van der Waals surface area (Å²) in [4.78, 5) is 4.35. The van der Waals surface area contributed by atoms with Gasteiger partial charge in [0.1, 0.15) is 5.82 Å². The molecule has 1 aromatic heterocycles. The first kappa shape index (κ1) is 14.9. The zero-order chi connectivity index (χ0) is 14.5. The van der Waals surface area contributed by atoms with Gasteiger partial charge in [-0.25, -0.2) is 0 Å². The van der Waals surface area contributed by atoms with Crippen molar-refractivity contribution in [1.82, 2.24) is 4.98 Å². The number of hydrogen-bond donors (Lipinski definition) is 3.